The zero-order valence-electron chi connectivity index (χ0n) is 11.3. The summed E-state index contributed by atoms with van der Waals surface area (Å²) in [7, 11) is 0. The summed E-state index contributed by atoms with van der Waals surface area (Å²) in [5, 5.41) is 6.09. The first-order valence-corrected chi connectivity index (χ1v) is 7.53. The van der Waals surface area contributed by atoms with Crippen LogP contribution >= 0.6 is 15.9 Å². The fourth-order valence-corrected chi connectivity index (χ4v) is 3.06. The first-order valence-electron chi connectivity index (χ1n) is 6.74. The van der Waals surface area contributed by atoms with Crippen molar-refractivity contribution in [3.8, 4) is 0 Å². The van der Waals surface area contributed by atoms with Gasteiger partial charge >= 0.3 is 0 Å². The van der Waals surface area contributed by atoms with E-state index in [9.17, 15) is 0 Å². The Morgan fingerprint density at radius 1 is 0.850 bits per heavy atom. The highest BCUT2D eigenvalue weighted by Crippen LogP contribution is 2.27. The van der Waals surface area contributed by atoms with Gasteiger partial charge in [0.2, 0.25) is 0 Å². The van der Waals surface area contributed by atoms with Crippen LogP contribution in [0.1, 0.15) is 18.5 Å². The molecule has 0 aliphatic rings. The van der Waals surface area contributed by atoms with E-state index in [4.69, 9.17) is 0 Å². The molecule has 0 heterocycles. The minimum absolute atomic E-state index is 0.256. The molecule has 1 atom stereocenters. The van der Waals surface area contributed by atoms with Gasteiger partial charge in [-0.25, -0.2) is 0 Å². The fraction of sp³-hybridized carbons (Fsp3) is 0.111. The Morgan fingerprint density at radius 2 is 1.55 bits per heavy atom. The van der Waals surface area contributed by atoms with Crippen molar-refractivity contribution in [2.45, 2.75) is 13.0 Å². The average molecular weight is 326 g/mol. The molecule has 0 saturated heterocycles. The third-order valence-corrected chi connectivity index (χ3v) is 4.23. The van der Waals surface area contributed by atoms with Crippen LogP contribution in [0, 0.1) is 0 Å². The smallest absolute Gasteiger partial charge is 0.0496 e. The van der Waals surface area contributed by atoms with Crippen LogP contribution in [0.15, 0.2) is 71.2 Å². The largest absolute Gasteiger partial charge is 0.378 e. The van der Waals surface area contributed by atoms with Crippen molar-refractivity contribution >= 4 is 32.4 Å². The zero-order valence-corrected chi connectivity index (χ0v) is 12.9. The Balaban J connectivity index is 1.87. The van der Waals surface area contributed by atoms with Crippen LogP contribution in [-0.4, -0.2) is 0 Å². The first kappa shape index (κ1) is 13.2. The molecule has 0 bridgehead atoms. The Morgan fingerprint density at radius 3 is 2.35 bits per heavy atom. The van der Waals surface area contributed by atoms with E-state index in [1.54, 1.807) is 0 Å². The van der Waals surface area contributed by atoms with Gasteiger partial charge in [-0.1, -0.05) is 64.5 Å². The normalized spacial score (nSPS) is 12.3. The van der Waals surface area contributed by atoms with E-state index in [1.807, 2.05) is 6.07 Å². The lowest BCUT2D eigenvalue weighted by atomic mass is 10.1. The Bertz CT molecular complexity index is 736. The van der Waals surface area contributed by atoms with Crippen molar-refractivity contribution in [2.24, 2.45) is 0 Å². The molecule has 0 amide bonds. The van der Waals surface area contributed by atoms with E-state index in [2.05, 4.69) is 88.8 Å². The summed E-state index contributed by atoms with van der Waals surface area (Å²) in [4.78, 5) is 0. The third-order valence-electron chi connectivity index (χ3n) is 3.50. The Kier molecular flexibility index (Phi) is 3.75. The van der Waals surface area contributed by atoms with E-state index in [-0.39, 0.29) is 6.04 Å². The van der Waals surface area contributed by atoms with Crippen LogP contribution in [0.4, 0.5) is 5.69 Å². The summed E-state index contributed by atoms with van der Waals surface area (Å²) in [6.07, 6.45) is 0. The highest BCUT2D eigenvalue weighted by atomic mass is 79.9. The minimum atomic E-state index is 0.256. The maximum absolute atomic E-state index is 3.61. The summed E-state index contributed by atoms with van der Waals surface area (Å²) in [5.74, 6) is 0. The summed E-state index contributed by atoms with van der Waals surface area (Å²) in [5.41, 5.74) is 2.41. The van der Waals surface area contributed by atoms with Crippen molar-refractivity contribution in [1.82, 2.24) is 0 Å². The van der Waals surface area contributed by atoms with E-state index in [0.29, 0.717) is 0 Å². The molecule has 100 valence electrons. The molecule has 0 fully saturated rings. The number of hydrogen-bond acceptors (Lipinski definition) is 1. The van der Waals surface area contributed by atoms with Crippen LogP contribution in [0.2, 0.25) is 0 Å². The van der Waals surface area contributed by atoms with E-state index < -0.39 is 0 Å². The van der Waals surface area contributed by atoms with Crippen LogP contribution in [0.5, 0.6) is 0 Å². The first-order chi connectivity index (χ1) is 9.74. The predicted molar refractivity (Wildman–Crippen MR) is 90.1 cm³/mol. The molecule has 0 aliphatic heterocycles. The number of fused-ring (bicyclic) bond motifs is 1. The molecule has 0 saturated carbocycles. The number of halogens is 1. The molecule has 1 unspecified atom stereocenters. The summed E-state index contributed by atoms with van der Waals surface area (Å²) in [6.45, 7) is 2.18. The van der Waals surface area contributed by atoms with E-state index in [1.165, 1.54) is 16.3 Å². The molecular formula is C18H16BrN. The van der Waals surface area contributed by atoms with Crippen LogP contribution < -0.4 is 5.32 Å². The third kappa shape index (κ3) is 2.70. The van der Waals surface area contributed by atoms with Crippen molar-refractivity contribution in [1.29, 1.82) is 0 Å². The number of nitrogens with one attached hydrogen (secondary N) is 1. The van der Waals surface area contributed by atoms with Gasteiger partial charge in [-0.15, -0.1) is 0 Å². The summed E-state index contributed by atoms with van der Waals surface area (Å²) < 4.78 is 1.14. The minimum Gasteiger partial charge on any atom is -0.378 e. The quantitative estimate of drug-likeness (QED) is 0.644. The van der Waals surface area contributed by atoms with Crippen molar-refractivity contribution in [3.63, 3.8) is 0 Å². The SMILES string of the molecule is CC(Nc1ccc2ccccc2c1)c1ccccc1Br. The molecule has 1 N–H and O–H groups in total. The second-order valence-corrected chi connectivity index (χ2v) is 5.80. The van der Waals surface area contributed by atoms with Gasteiger partial charge in [-0.05, 0) is 41.5 Å². The van der Waals surface area contributed by atoms with Crippen LogP contribution in [-0.2, 0) is 0 Å². The van der Waals surface area contributed by atoms with Crippen LogP contribution in [0.3, 0.4) is 0 Å². The Hall–Kier alpha value is -1.80. The highest BCUT2D eigenvalue weighted by Gasteiger charge is 2.08. The number of hydrogen-bond donors (Lipinski definition) is 1. The van der Waals surface area contributed by atoms with Gasteiger partial charge in [0.25, 0.3) is 0 Å². The summed E-state index contributed by atoms with van der Waals surface area (Å²) >= 11 is 3.61. The van der Waals surface area contributed by atoms with Gasteiger partial charge in [-0.2, -0.15) is 0 Å². The number of rotatable bonds is 3. The maximum atomic E-state index is 3.61. The Labute approximate surface area is 127 Å². The van der Waals surface area contributed by atoms with E-state index in [0.717, 1.165) is 10.2 Å². The molecule has 2 heteroatoms. The van der Waals surface area contributed by atoms with Crippen molar-refractivity contribution < 1.29 is 0 Å². The molecule has 0 aliphatic carbocycles. The van der Waals surface area contributed by atoms with Gasteiger partial charge < -0.3 is 5.32 Å². The second kappa shape index (κ2) is 5.68. The lowest BCUT2D eigenvalue weighted by Gasteiger charge is -2.17. The average Bonchev–Trinajstić information content (AvgIpc) is 2.47. The molecule has 3 rings (SSSR count). The standard InChI is InChI=1S/C18H16BrN/c1-13(17-8-4-5-9-18(17)19)20-16-11-10-14-6-2-3-7-15(14)12-16/h2-13,20H,1H3. The molecule has 0 spiro atoms. The number of anilines is 1. The zero-order chi connectivity index (χ0) is 13.9. The lowest BCUT2D eigenvalue weighted by molar-refractivity contribution is 0.879. The molecule has 3 aromatic rings. The number of benzene rings is 3. The topological polar surface area (TPSA) is 12.0 Å². The lowest BCUT2D eigenvalue weighted by Crippen LogP contribution is -2.07. The molecular weight excluding hydrogens is 310 g/mol. The maximum Gasteiger partial charge on any atom is 0.0496 e. The van der Waals surface area contributed by atoms with Gasteiger partial charge in [0.05, 0.1) is 0 Å². The molecule has 3 aromatic carbocycles. The van der Waals surface area contributed by atoms with Gasteiger partial charge in [0, 0.05) is 16.2 Å². The van der Waals surface area contributed by atoms with Gasteiger partial charge in [0.15, 0.2) is 0 Å². The molecule has 1 nitrogen and oxygen atoms in total. The second-order valence-electron chi connectivity index (χ2n) is 4.95. The van der Waals surface area contributed by atoms with Gasteiger partial charge in [0.1, 0.15) is 0 Å². The van der Waals surface area contributed by atoms with Gasteiger partial charge in [-0.3, -0.25) is 0 Å². The molecule has 20 heavy (non-hydrogen) atoms. The van der Waals surface area contributed by atoms with Crippen molar-refractivity contribution in [2.75, 3.05) is 5.32 Å². The monoisotopic (exact) mass is 325 g/mol. The fourth-order valence-electron chi connectivity index (χ4n) is 2.43. The molecule has 0 radical (unpaired) electrons. The van der Waals surface area contributed by atoms with Crippen LogP contribution in [0.25, 0.3) is 10.8 Å². The summed E-state index contributed by atoms with van der Waals surface area (Å²) in [6, 6.07) is 23.5. The highest BCUT2D eigenvalue weighted by molar-refractivity contribution is 9.10. The molecule has 0 aromatic heterocycles. The van der Waals surface area contributed by atoms with Crippen molar-refractivity contribution in [3.05, 3.63) is 76.8 Å². The predicted octanol–water partition coefficient (Wildman–Crippen LogP) is 5.78. The van der Waals surface area contributed by atoms with E-state index >= 15 is 0 Å².